The molecule has 0 N–H and O–H groups in total. The SMILES string of the molecule is CC[C@H](C)c1nc2ccc(Br)cc2c(=O)n1N=Cc1cc(OC)c(OCc2ccc(Cl)c(Cl)c2)c(Br)c1Br. The van der Waals surface area contributed by atoms with Crippen molar-refractivity contribution in [3.8, 4) is 11.5 Å². The molecule has 0 aliphatic heterocycles. The third-order valence-corrected chi connectivity index (χ3v) is 9.32. The third kappa shape index (κ3) is 6.12. The number of benzene rings is 3. The van der Waals surface area contributed by atoms with Crippen molar-refractivity contribution >= 4 is 88.1 Å². The van der Waals surface area contributed by atoms with Crippen LogP contribution in [-0.4, -0.2) is 23.0 Å². The molecule has 11 heteroatoms. The van der Waals surface area contributed by atoms with E-state index in [-0.39, 0.29) is 18.1 Å². The number of hydrogen-bond acceptors (Lipinski definition) is 5. The predicted molar refractivity (Wildman–Crippen MR) is 165 cm³/mol. The molecule has 0 amide bonds. The predicted octanol–water partition coefficient (Wildman–Crippen LogP) is 8.97. The highest BCUT2D eigenvalue weighted by Crippen LogP contribution is 2.42. The Labute approximate surface area is 255 Å². The van der Waals surface area contributed by atoms with Gasteiger partial charge in [0.2, 0.25) is 0 Å². The standard InChI is InChI=1S/C27H22Br3Cl2N3O3/c1-4-14(2)26-34-21-8-6-17(28)11-18(21)27(36)35(26)33-12-16-10-22(37-3)25(24(30)23(16)29)38-13-15-5-7-19(31)20(32)9-15/h5-12,14H,4,13H2,1-3H3/t14-/m0/s1. The van der Waals surface area contributed by atoms with Gasteiger partial charge in [-0.3, -0.25) is 4.79 Å². The summed E-state index contributed by atoms with van der Waals surface area (Å²) in [4.78, 5) is 18.2. The number of nitrogens with zero attached hydrogens (tertiary/aromatic N) is 3. The van der Waals surface area contributed by atoms with Crippen molar-refractivity contribution in [3.05, 3.63) is 93.2 Å². The van der Waals surface area contributed by atoms with E-state index in [1.54, 1.807) is 37.6 Å². The zero-order valence-electron chi connectivity index (χ0n) is 20.6. The molecule has 3 aromatic carbocycles. The van der Waals surface area contributed by atoms with Crippen LogP contribution < -0.4 is 15.0 Å². The summed E-state index contributed by atoms with van der Waals surface area (Å²) in [7, 11) is 1.55. The fraction of sp³-hybridized carbons (Fsp3) is 0.222. The van der Waals surface area contributed by atoms with Crippen LogP contribution in [0, 0.1) is 0 Å². The second-order valence-corrected chi connectivity index (χ2v) is 11.8. The molecular formula is C27H22Br3Cl2N3O3. The number of halogens is 5. The molecule has 1 atom stereocenters. The van der Waals surface area contributed by atoms with E-state index in [0.29, 0.717) is 52.8 Å². The average Bonchev–Trinajstić information content (AvgIpc) is 2.91. The van der Waals surface area contributed by atoms with Gasteiger partial charge in [0, 0.05) is 20.4 Å². The largest absolute Gasteiger partial charge is 0.493 e. The molecule has 0 aliphatic rings. The van der Waals surface area contributed by atoms with Crippen LogP contribution in [0.25, 0.3) is 10.9 Å². The molecule has 198 valence electrons. The average molecular weight is 747 g/mol. The van der Waals surface area contributed by atoms with Crippen molar-refractivity contribution in [2.45, 2.75) is 32.8 Å². The number of aromatic nitrogens is 2. The van der Waals surface area contributed by atoms with Crippen molar-refractivity contribution < 1.29 is 9.47 Å². The van der Waals surface area contributed by atoms with Crippen LogP contribution >= 0.6 is 71.0 Å². The zero-order valence-corrected chi connectivity index (χ0v) is 26.8. The summed E-state index contributed by atoms with van der Waals surface area (Å²) < 4.78 is 15.1. The van der Waals surface area contributed by atoms with Gasteiger partial charge < -0.3 is 9.47 Å². The van der Waals surface area contributed by atoms with E-state index in [4.69, 9.17) is 37.7 Å². The highest BCUT2D eigenvalue weighted by molar-refractivity contribution is 9.13. The Morgan fingerprint density at radius 2 is 1.84 bits per heavy atom. The van der Waals surface area contributed by atoms with Gasteiger partial charge in [-0.2, -0.15) is 9.78 Å². The van der Waals surface area contributed by atoms with Crippen LogP contribution in [-0.2, 0) is 6.61 Å². The Hall–Kier alpha value is -1.91. The molecule has 0 fully saturated rings. The van der Waals surface area contributed by atoms with Gasteiger partial charge in [0.25, 0.3) is 5.56 Å². The third-order valence-electron chi connectivity index (χ3n) is 5.94. The molecule has 0 saturated heterocycles. The number of rotatable bonds is 8. The lowest BCUT2D eigenvalue weighted by Gasteiger charge is -2.16. The molecule has 0 unspecified atom stereocenters. The Morgan fingerprint density at radius 3 is 2.53 bits per heavy atom. The van der Waals surface area contributed by atoms with E-state index in [1.165, 1.54) is 4.68 Å². The van der Waals surface area contributed by atoms with Gasteiger partial charge in [0.15, 0.2) is 11.5 Å². The fourth-order valence-electron chi connectivity index (χ4n) is 3.67. The van der Waals surface area contributed by atoms with E-state index in [1.807, 2.05) is 32.0 Å². The second kappa shape index (κ2) is 12.5. The molecule has 6 nitrogen and oxygen atoms in total. The van der Waals surface area contributed by atoms with Crippen molar-refractivity contribution in [2.24, 2.45) is 5.10 Å². The summed E-state index contributed by atoms with van der Waals surface area (Å²) in [5.41, 5.74) is 1.91. The molecule has 0 aliphatic carbocycles. The minimum atomic E-state index is -0.244. The van der Waals surface area contributed by atoms with Crippen LogP contribution in [0.15, 0.2) is 65.8 Å². The van der Waals surface area contributed by atoms with Crippen molar-refractivity contribution in [3.63, 3.8) is 0 Å². The van der Waals surface area contributed by atoms with Crippen LogP contribution in [0.4, 0.5) is 0 Å². The summed E-state index contributed by atoms with van der Waals surface area (Å²) in [5, 5.41) is 5.98. The first kappa shape index (κ1) is 29.1. The summed E-state index contributed by atoms with van der Waals surface area (Å²) >= 11 is 22.8. The van der Waals surface area contributed by atoms with E-state index in [9.17, 15) is 4.79 Å². The summed E-state index contributed by atoms with van der Waals surface area (Å²) in [6.07, 6.45) is 2.40. The number of methoxy groups -OCH3 is 1. The maximum Gasteiger partial charge on any atom is 0.282 e. The molecule has 0 bridgehead atoms. The molecule has 1 heterocycles. The first-order chi connectivity index (χ1) is 18.1. The Morgan fingerprint density at radius 1 is 1.08 bits per heavy atom. The lowest BCUT2D eigenvalue weighted by molar-refractivity contribution is 0.282. The summed E-state index contributed by atoms with van der Waals surface area (Å²) in [5.74, 6) is 1.59. The highest BCUT2D eigenvalue weighted by Gasteiger charge is 2.19. The quantitative estimate of drug-likeness (QED) is 0.169. The van der Waals surface area contributed by atoms with E-state index in [0.717, 1.165) is 16.5 Å². The van der Waals surface area contributed by atoms with Crippen LogP contribution in [0.1, 0.15) is 43.1 Å². The summed E-state index contributed by atoms with van der Waals surface area (Å²) in [6.45, 7) is 4.32. The van der Waals surface area contributed by atoms with E-state index < -0.39 is 0 Å². The maximum absolute atomic E-state index is 13.4. The first-order valence-electron chi connectivity index (χ1n) is 11.5. The Kier molecular flexibility index (Phi) is 9.58. The van der Waals surface area contributed by atoms with Crippen molar-refractivity contribution in [2.75, 3.05) is 7.11 Å². The van der Waals surface area contributed by atoms with Gasteiger partial charge in [-0.05, 0) is 80.2 Å². The fourth-order valence-corrected chi connectivity index (χ4v) is 5.29. The maximum atomic E-state index is 13.4. The second-order valence-electron chi connectivity index (χ2n) is 8.46. The van der Waals surface area contributed by atoms with Gasteiger partial charge in [0.1, 0.15) is 12.4 Å². The molecule has 4 rings (SSSR count). The van der Waals surface area contributed by atoms with Crippen molar-refractivity contribution in [1.29, 1.82) is 0 Å². The molecule has 0 spiro atoms. The molecule has 1 aromatic heterocycles. The normalized spacial score (nSPS) is 12.3. The van der Waals surface area contributed by atoms with Gasteiger partial charge >= 0.3 is 0 Å². The van der Waals surface area contributed by atoms with Gasteiger partial charge in [-0.15, -0.1) is 0 Å². The molecule has 4 aromatic rings. The van der Waals surface area contributed by atoms with Crippen LogP contribution in [0.2, 0.25) is 10.0 Å². The Bertz CT molecular complexity index is 1610. The number of ether oxygens (including phenoxy) is 2. The molecule has 0 radical (unpaired) electrons. The van der Waals surface area contributed by atoms with Gasteiger partial charge in [0.05, 0.1) is 38.7 Å². The minimum Gasteiger partial charge on any atom is -0.493 e. The monoisotopic (exact) mass is 743 g/mol. The van der Waals surface area contributed by atoms with Gasteiger partial charge in [-0.25, -0.2) is 4.98 Å². The smallest absolute Gasteiger partial charge is 0.282 e. The minimum absolute atomic E-state index is 0.0229. The molecule has 0 saturated carbocycles. The molecular weight excluding hydrogens is 725 g/mol. The number of hydrogen-bond donors (Lipinski definition) is 0. The Balaban J connectivity index is 1.74. The first-order valence-corrected chi connectivity index (χ1v) is 14.7. The molecule has 38 heavy (non-hydrogen) atoms. The van der Waals surface area contributed by atoms with E-state index in [2.05, 4.69) is 52.9 Å². The van der Waals surface area contributed by atoms with Gasteiger partial charge in [-0.1, -0.05) is 59.0 Å². The lowest BCUT2D eigenvalue weighted by Crippen LogP contribution is -2.23. The van der Waals surface area contributed by atoms with Crippen molar-refractivity contribution in [1.82, 2.24) is 9.66 Å². The highest BCUT2D eigenvalue weighted by atomic mass is 79.9. The van der Waals surface area contributed by atoms with Crippen LogP contribution in [0.3, 0.4) is 0 Å². The van der Waals surface area contributed by atoms with Crippen LogP contribution in [0.5, 0.6) is 11.5 Å². The zero-order chi connectivity index (χ0) is 27.6. The summed E-state index contributed by atoms with van der Waals surface area (Å²) in [6, 6.07) is 12.6. The topological polar surface area (TPSA) is 65.7 Å². The lowest BCUT2D eigenvalue weighted by atomic mass is 10.1. The van der Waals surface area contributed by atoms with E-state index >= 15 is 0 Å². The number of fused-ring (bicyclic) bond motifs is 1.